The van der Waals surface area contributed by atoms with Crippen LogP contribution in [-0.2, 0) is 11.3 Å². The Hall–Kier alpha value is -3.48. The zero-order chi connectivity index (χ0) is 21.5. The zero-order valence-electron chi connectivity index (χ0n) is 17.2. The van der Waals surface area contributed by atoms with Crippen LogP contribution in [0.15, 0.2) is 71.8 Å². The average Bonchev–Trinajstić information content (AvgIpc) is 3.23. The van der Waals surface area contributed by atoms with Crippen LogP contribution >= 0.6 is 0 Å². The monoisotopic (exact) mass is 399 g/mol. The van der Waals surface area contributed by atoms with Crippen molar-refractivity contribution in [2.45, 2.75) is 32.9 Å². The number of fused-ring (bicyclic) bond motifs is 1. The third-order valence-corrected chi connectivity index (χ3v) is 4.74. The van der Waals surface area contributed by atoms with Crippen LogP contribution in [0.2, 0.25) is 0 Å². The van der Waals surface area contributed by atoms with Crippen LogP contribution in [0.3, 0.4) is 0 Å². The van der Waals surface area contributed by atoms with Crippen molar-refractivity contribution in [3.05, 3.63) is 83.0 Å². The van der Waals surface area contributed by atoms with Gasteiger partial charge in [0.25, 0.3) is 0 Å². The number of benzene rings is 2. The number of aromatic nitrogens is 3. The average molecular weight is 399 g/mol. The van der Waals surface area contributed by atoms with E-state index in [4.69, 9.17) is 12.7 Å². The zero-order valence-corrected chi connectivity index (χ0v) is 17.2. The summed E-state index contributed by atoms with van der Waals surface area (Å²) >= 11 is 0. The number of carbonyl (C=O) groups is 1. The first-order valence-electron chi connectivity index (χ1n) is 9.69. The van der Waals surface area contributed by atoms with Gasteiger partial charge >= 0.3 is 11.8 Å². The molecule has 4 rings (SSSR count). The molecule has 150 valence electrons. The van der Waals surface area contributed by atoms with Gasteiger partial charge in [0, 0.05) is 11.1 Å². The summed E-state index contributed by atoms with van der Waals surface area (Å²) in [7, 11) is 5.83. The molecule has 4 aromatic rings. The van der Waals surface area contributed by atoms with E-state index in [9.17, 15) is 9.59 Å². The number of ether oxygens (including phenoxy) is 1. The van der Waals surface area contributed by atoms with Gasteiger partial charge in [0.2, 0.25) is 7.98 Å². The molecule has 6 nitrogen and oxygen atoms in total. The van der Waals surface area contributed by atoms with Crippen LogP contribution in [0.25, 0.3) is 22.2 Å². The van der Waals surface area contributed by atoms with Crippen LogP contribution in [-0.4, -0.2) is 33.3 Å². The second-order valence-corrected chi connectivity index (χ2v) is 8.19. The van der Waals surface area contributed by atoms with Crippen LogP contribution in [0, 0.1) is 0 Å². The number of imidazole rings is 1. The van der Waals surface area contributed by atoms with Gasteiger partial charge in [-0.1, -0.05) is 42.5 Å². The SMILES string of the molecule is [B]n1ccc(-c2cccc3c2n(C(=O)OC(C)(C)C)c(=O)n3Cc2ccccc2)c1. The van der Waals surface area contributed by atoms with Gasteiger partial charge in [-0.2, -0.15) is 4.57 Å². The fraction of sp³-hybridized carbons (Fsp3) is 0.217. The first kappa shape index (κ1) is 19.8. The molecule has 7 heteroatoms. The van der Waals surface area contributed by atoms with Crippen molar-refractivity contribution in [2.24, 2.45) is 0 Å². The van der Waals surface area contributed by atoms with Gasteiger partial charge in [-0.3, -0.25) is 4.57 Å². The Bertz CT molecular complexity index is 1280. The Labute approximate surface area is 175 Å². The minimum atomic E-state index is -0.736. The molecule has 0 aliphatic carbocycles. The third-order valence-electron chi connectivity index (χ3n) is 4.74. The van der Waals surface area contributed by atoms with Gasteiger partial charge in [0.1, 0.15) is 5.60 Å². The van der Waals surface area contributed by atoms with Gasteiger partial charge < -0.3 is 9.21 Å². The summed E-state index contributed by atoms with van der Waals surface area (Å²) < 4.78 is 9.70. The summed E-state index contributed by atoms with van der Waals surface area (Å²) in [4.78, 5) is 26.5. The normalized spacial score (nSPS) is 11.7. The number of rotatable bonds is 3. The largest absolute Gasteiger partial charge is 0.443 e. The van der Waals surface area contributed by atoms with Crippen molar-refractivity contribution in [1.29, 1.82) is 0 Å². The van der Waals surface area contributed by atoms with Gasteiger partial charge in [-0.25, -0.2) is 9.59 Å². The van der Waals surface area contributed by atoms with Crippen molar-refractivity contribution in [1.82, 2.24) is 13.6 Å². The molecule has 30 heavy (non-hydrogen) atoms. The van der Waals surface area contributed by atoms with Gasteiger partial charge in [-0.05, 0) is 50.9 Å². The molecule has 0 N–H and O–H groups in total. The predicted molar refractivity (Wildman–Crippen MR) is 118 cm³/mol. The van der Waals surface area contributed by atoms with E-state index in [1.807, 2.05) is 54.6 Å². The maximum atomic E-state index is 13.4. The van der Waals surface area contributed by atoms with E-state index in [2.05, 4.69) is 0 Å². The second kappa shape index (κ2) is 7.41. The molecule has 0 aliphatic heterocycles. The highest BCUT2D eigenvalue weighted by Gasteiger charge is 2.26. The van der Waals surface area contributed by atoms with Crippen molar-refractivity contribution in [3.63, 3.8) is 0 Å². The van der Waals surface area contributed by atoms with E-state index < -0.39 is 17.4 Å². The predicted octanol–water partition coefficient (Wildman–Crippen LogP) is 4.03. The van der Waals surface area contributed by atoms with E-state index >= 15 is 0 Å². The number of para-hydroxylation sites is 1. The summed E-state index contributed by atoms with van der Waals surface area (Å²) in [5.74, 6) is 0. The highest BCUT2D eigenvalue weighted by Crippen LogP contribution is 2.29. The van der Waals surface area contributed by atoms with Gasteiger partial charge in [-0.15, -0.1) is 0 Å². The number of hydrogen-bond donors (Lipinski definition) is 0. The lowest BCUT2D eigenvalue weighted by atomic mass is 10.1. The summed E-state index contributed by atoms with van der Waals surface area (Å²) in [6.45, 7) is 5.66. The minimum Gasteiger partial charge on any atom is -0.443 e. The van der Waals surface area contributed by atoms with E-state index in [1.165, 1.54) is 4.48 Å². The molecule has 0 spiro atoms. The molecule has 2 radical (unpaired) electrons. The molecule has 2 aromatic heterocycles. The van der Waals surface area contributed by atoms with Gasteiger partial charge in [0.15, 0.2) is 0 Å². The molecule has 0 unspecified atom stereocenters. The Kier molecular flexibility index (Phi) is 4.90. The first-order chi connectivity index (χ1) is 14.2. The second-order valence-electron chi connectivity index (χ2n) is 8.19. The van der Waals surface area contributed by atoms with E-state index in [0.717, 1.165) is 21.3 Å². The highest BCUT2D eigenvalue weighted by atomic mass is 16.6. The molecule has 0 bridgehead atoms. The minimum absolute atomic E-state index is 0.341. The fourth-order valence-electron chi connectivity index (χ4n) is 3.50. The Morgan fingerprint density at radius 3 is 2.40 bits per heavy atom. The quantitative estimate of drug-likeness (QED) is 0.489. The molecule has 0 saturated heterocycles. The maximum Gasteiger partial charge on any atom is 0.423 e. The molecule has 0 fully saturated rings. The number of carbonyl (C=O) groups excluding carboxylic acids is 1. The van der Waals surface area contributed by atoms with Crippen LogP contribution < -0.4 is 5.69 Å². The molecular weight excluding hydrogens is 377 g/mol. The third kappa shape index (κ3) is 3.71. The van der Waals surface area contributed by atoms with E-state index in [0.29, 0.717) is 17.6 Å². The highest BCUT2D eigenvalue weighted by molar-refractivity contribution is 6.07. The molecule has 2 aromatic carbocycles. The Morgan fingerprint density at radius 1 is 1.03 bits per heavy atom. The van der Waals surface area contributed by atoms with Crippen LogP contribution in [0.4, 0.5) is 4.79 Å². The van der Waals surface area contributed by atoms with E-state index in [-0.39, 0.29) is 0 Å². The standard InChI is InChI=1S/C23H22BN3O3/c1-23(2,3)30-22(29)27-20-18(17-12-13-25(24)15-17)10-7-11-19(20)26(21(27)28)14-16-8-5-4-6-9-16/h4-13,15H,14H2,1-3H3. The number of hydrogen-bond acceptors (Lipinski definition) is 3. The lowest BCUT2D eigenvalue weighted by molar-refractivity contribution is 0.0537. The molecule has 0 saturated carbocycles. The summed E-state index contributed by atoms with van der Waals surface area (Å²) in [6, 6.07) is 17.1. The van der Waals surface area contributed by atoms with Gasteiger partial charge in [0.05, 0.1) is 17.6 Å². The first-order valence-corrected chi connectivity index (χ1v) is 9.69. The summed E-state index contributed by atoms with van der Waals surface area (Å²) in [5, 5.41) is 0. The fourth-order valence-corrected chi connectivity index (χ4v) is 3.50. The molecule has 2 heterocycles. The van der Waals surface area contributed by atoms with Crippen molar-refractivity contribution in [3.8, 4) is 11.1 Å². The summed E-state index contributed by atoms with van der Waals surface area (Å²) in [5.41, 5.74) is 2.46. The Morgan fingerprint density at radius 2 is 1.77 bits per heavy atom. The topological polar surface area (TPSA) is 58.2 Å². The van der Waals surface area contributed by atoms with Crippen LogP contribution in [0.1, 0.15) is 26.3 Å². The van der Waals surface area contributed by atoms with Crippen molar-refractivity contribution < 1.29 is 9.53 Å². The number of nitrogens with zero attached hydrogens (tertiary/aromatic N) is 3. The Balaban J connectivity index is 1.98. The smallest absolute Gasteiger partial charge is 0.423 e. The van der Waals surface area contributed by atoms with Crippen molar-refractivity contribution >= 4 is 25.1 Å². The molecular formula is C23H22BN3O3. The van der Waals surface area contributed by atoms with E-state index in [1.54, 1.807) is 37.7 Å². The van der Waals surface area contributed by atoms with Crippen molar-refractivity contribution in [2.75, 3.05) is 0 Å². The maximum absolute atomic E-state index is 13.4. The lowest BCUT2D eigenvalue weighted by Gasteiger charge is -2.19. The molecule has 0 atom stereocenters. The molecule has 0 aliphatic rings. The van der Waals surface area contributed by atoms with Crippen LogP contribution in [0.5, 0.6) is 0 Å². The summed E-state index contributed by atoms with van der Waals surface area (Å²) in [6.07, 6.45) is 2.75. The lowest BCUT2D eigenvalue weighted by Crippen LogP contribution is -2.34. The molecule has 0 amide bonds.